The standard InChI is InChI=1S/C21H17N3O2/c1-13(12-22)23-21(25)19-16-6-2-3-7-18(16)24-20-14(8-9-17(19)20)11-15-5-4-10-26-15/h2-7,10-11,13H,8-9H2,1H3,(H,23,25)/b14-11-. The number of allylic oxidation sites excluding steroid dienone is 1. The van der Waals surface area contributed by atoms with Gasteiger partial charge in [-0.15, -0.1) is 0 Å². The summed E-state index contributed by atoms with van der Waals surface area (Å²) in [6, 6.07) is 12.9. The van der Waals surface area contributed by atoms with Gasteiger partial charge in [-0.25, -0.2) is 4.98 Å². The molecule has 128 valence electrons. The number of para-hydroxylation sites is 1. The molecule has 0 radical (unpaired) electrons. The Hall–Kier alpha value is -3.39. The predicted molar refractivity (Wildman–Crippen MR) is 99.2 cm³/mol. The van der Waals surface area contributed by atoms with Crippen molar-refractivity contribution in [3.05, 3.63) is 65.2 Å². The van der Waals surface area contributed by atoms with Crippen LogP contribution in [-0.4, -0.2) is 16.9 Å². The van der Waals surface area contributed by atoms with Crippen molar-refractivity contribution in [3.8, 4) is 6.07 Å². The minimum absolute atomic E-state index is 0.229. The molecule has 4 rings (SSSR count). The molecule has 2 aromatic heterocycles. The predicted octanol–water partition coefficient (Wildman–Crippen LogP) is 3.96. The second kappa shape index (κ2) is 6.49. The molecular formula is C21H17N3O2. The van der Waals surface area contributed by atoms with Crippen LogP contribution in [-0.2, 0) is 6.42 Å². The quantitative estimate of drug-likeness (QED) is 0.781. The molecule has 3 aromatic rings. The van der Waals surface area contributed by atoms with Gasteiger partial charge in [0.15, 0.2) is 0 Å². The Bertz CT molecular complexity index is 1060. The van der Waals surface area contributed by atoms with Crippen LogP contribution in [0.25, 0.3) is 22.6 Å². The molecule has 0 aliphatic heterocycles. The van der Waals surface area contributed by atoms with Crippen molar-refractivity contribution in [2.24, 2.45) is 0 Å². The van der Waals surface area contributed by atoms with Gasteiger partial charge in [0.05, 0.1) is 29.1 Å². The molecule has 1 aliphatic carbocycles. The fourth-order valence-corrected chi connectivity index (χ4v) is 3.38. The van der Waals surface area contributed by atoms with E-state index < -0.39 is 6.04 Å². The lowest BCUT2D eigenvalue weighted by Gasteiger charge is -2.13. The van der Waals surface area contributed by atoms with Crippen LogP contribution in [0.2, 0.25) is 0 Å². The van der Waals surface area contributed by atoms with Crippen molar-refractivity contribution in [1.82, 2.24) is 10.3 Å². The van der Waals surface area contributed by atoms with Gasteiger partial charge in [0.1, 0.15) is 11.8 Å². The molecule has 26 heavy (non-hydrogen) atoms. The molecule has 0 bridgehead atoms. The van der Waals surface area contributed by atoms with Crippen molar-refractivity contribution in [2.45, 2.75) is 25.8 Å². The zero-order chi connectivity index (χ0) is 18.1. The van der Waals surface area contributed by atoms with E-state index in [1.54, 1.807) is 13.2 Å². The lowest BCUT2D eigenvalue weighted by molar-refractivity contribution is 0.0948. The minimum atomic E-state index is -0.551. The Morgan fingerprint density at radius 3 is 2.92 bits per heavy atom. The number of furan rings is 1. The SMILES string of the molecule is CC(C#N)NC(=O)c1c2c(nc3ccccc13)/C(=C\c1ccco1)CC2. The van der Waals surface area contributed by atoms with Crippen LogP contribution in [0, 0.1) is 11.3 Å². The van der Waals surface area contributed by atoms with Crippen molar-refractivity contribution in [2.75, 3.05) is 0 Å². The highest BCUT2D eigenvalue weighted by Crippen LogP contribution is 2.37. The van der Waals surface area contributed by atoms with Gasteiger partial charge in [0.25, 0.3) is 5.91 Å². The summed E-state index contributed by atoms with van der Waals surface area (Å²) in [6.45, 7) is 1.67. The molecule has 2 heterocycles. The van der Waals surface area contributed by atoms with E-state index in [9.17, 15) is 4.79 Å². The second-order valence-corrected chi connectivity index (χ2v) is 6.34. The highest BCUT2D eigenvalue weighted by molar-refractivity contribution is 6.09. The second-order valence-electron chi connectivity index (χ2n) is 6.34. The third-order valence-corrected chi connectivity index (χ3v) is 4.57. The lowest BCUT2D eigenvalue weighted by Crippen LogP contribution is -2.32. The van der Waals surface area contributed by atoms with Gasteiger partial charge in [-0.2, -0.15) is 5.26 Å². The number of carbonyl (C=O) groups is 1. The van der Waals surface area contributed by atoms with Gasteiger partial charge in [-0.1, -0.05) is 18.2 Å². The maximum absolute atomic E-state index is 12.9. The Balaban J connectivity index is 1.89. The third-order valence-electron chi connectivity index (χ3n) is 4.57. The first-order valence-electron chi connectivity index (χ1n) is 8.54. The number of aromatic nitrogens is 1. The molecule has 1 aliphatic rings. The smallest absolute Gasteiger partial charge is 0.253 e. The summed E-state index contributed by atoms with van der Waals surface area (Å²) >= 11 is 0. The topological polar surface area (TPSA) is 78.9 Å². The van der Waals surface area contributed by atoms with E-state index in [1.165, 1.54) is 0 Å². The highest BCUT2D eigenvalue weighted by atomic mass is 16.3. The number of nitrogens with zero attached hydrogens (tertiary/aromatic N) is 2. The first-order chi connectivity index (χ1) is 12.7. The van der Waals surface area contributed by atoms with E-state index in [0.717, 1.165) is 46.3 Å². The molecular weight excluding hydrogens is 326 g/mol. The van der Waals surface area contributed by atoms with Gasteiger partial charge in [-0.3, -0.25) is 4.79 Å². The van der Waals surface area contributed by atoms with E-state index in [2.05, 4.69) is 5.32 Å². The molecule has 0 spiro atoms. The normalized spacial score (nSPS) is 15.6. The summed E-state index contributed by atoms with van der Waals surface area (Å²) in [4.78, 5) is 17.7. The van der Waals surface area contributed by atoms with E-state index >= 15 is 0 Å². The largest absolute Gasteiger partial charge is 0.465 e. The number of benzene rings is 1. The lowest BCUT2D eigenvalue weighted by atomic mass is 10.00. The molecule has 5 heteroatoms. The number of nitrogens with one attached hydrogen (secondary N) is 1. The number of pyridine rings is 1. The van der Waals surface area contributed by atoms with Gasteiger partial charge < -0.3 is 9.73 Å². The van der Waals surface area contributed by atoms with Crippen molar-refractivity contribution < 1.29 is 9.21 Å². The van der Waals surface area contributed by atoms with Crippen LogP contribution in [0.15, 0.2) is 47.1 Å². The van der Waals surface area contributed by atoms with Crippen LogP contribution >= 0.6 is 0 Å². The van der Waals surface area contributed by atoms with Crippen LogP contribution in [0.5, 0.6) is 0 Å². The van der Waals surface area contributed by atoms with Crippen molar-refractivity contribution in [1.29, 1.82) is 5.26 Å². The first-order valence-corrected chi connectivity index (χ1v) is 8.54. The summed E-state index contributed by atoms with van der Waals surface area (Å²) in [6.07, 6.45) is 5.16. The van der Waals surface area contributed by atoms with Gasteiger partial charge in [-0.05, 0) is 55.2 Å². The monoisotopic (exact) mass is 343 g/mol. The highest BCUT2D eigenvalue weighted by Gasteiger charge is 2.27. The van der Waals surface area contributed by atoms with Crippen molar-refractivity contribution in [3.63, 3.8) is 0 Å². The fourth-order valence-electron chi connectivity index (χ4n) is 3.38. The number of rotatable bonds is 3. The number of hydrogen-bond donors (Lipinski definition) is 1. The van der Waals surface area contributed by atoms with E-state index in [1.807, 2.05) is 48.5 Å². The fraction of sp³-hybridized carbons (Fsp3) is 0.190. The Labute approximate surface area is 151 Å². The number of nitriles is 1. The summed E-state index contributed by atoms with van der Waals surface area (Å²) in [7, 11) is 0. The van der Waals surface area contributed by atoms with Crippen LogP contribution in [0.1, 0.15) is 40.7 Å². The summed E-state index contributed by atoms with van der Waals surface area (Å²) in [5.41, 5.74) is 4.23. The minimum Gasteiger partial charge on any atom is -0.465 e. The molecule has 1 aromatic carbocycles. The maximum Gasteiger partial charge on any atom is 0.253 e. The van der Waals surface area contributed by atoms with Crippen LogP contribution in [0.4, 0.5) is 0 Å². The van der Waals surface area contributed by atoms with E-state index in [0.29, 0.717) is 5.56 Å². The zero-order valence-corrected chi connectivity index (χ0v) is 14.3. The molecule has 1 amide bonds. The van der Waals surface area contributed by atoms with E-state index in [4.69, 9.17) is 14.7 Å². The number of carbonyl (C=O) groups excluding carboxylic acids is 1. The zero-order valence-electron chi connectivity index (χ0n) is 14.3. The van der Waals surface area contributed by atoms with Gasteiger partial charge in [0, 0.05) is 5.39 Å². The van der Waals surface area contributed by atoms with Crippen LogP contribution in [0.3, 0.4) is 0 Å². The van der Waals surface area contributed by atoms with E-state index in [-0.39, 0.29) is 5.91 Å². The van der Waals surface area contributed by atoms with Crippen molar-refractivity contribution >= 4 is 28.5 Å². The molecule has 1 unspecified atom stereocenters. The van der Waals surface area contributed by atoms with Gasteiger partial charge >= 0.3 is 0 Å². The Morgan fingerprint density at radius 1 is 1.31 bits per heavy atom. The summed E-state index contributed by atoms with van der Waals surface area (Å²) < 4.78 is 5.42. The molecule has 0 saturated heterocycles. The Morgan fingerprint density at radius 2 is 2.15 bits per heavy atom. The third kappa shape index (κ3) is 2.76. The first kappa shape index (κ1) is 16.1. The van der Waals surface area contributed by atoms with Gasteiger partial charge in [0.2, 0.25) is 0 Å². The number of fused-ring (bicyclic) bond motifs is 2. The van der Waals surface area contributed by atoms with Crippen LogP contribution < -0.4 is 5.32 Å². The molecule has 0 saturated carbocycles. The summed E-state index contributed by atoms with van der Waals surface area (Å²) in [5.74, 6) is 0.542. The average Bonchev–Trinajstić information content (AvgIpc) is 3.30. The molecule has 0 fully saturated rings. The molecule has 1 atom stereocenters. The molecule has 1 N–H and O–H groups in total. The summed E-state index contributed by atoms with van der Waals surface area (Å²) in [5, 5.41) is 12.6. The maximum atomic E-state index is 12.9. The average molecular weight is 343 g/mol. The number of amides is 1. The Kier molecular flexibility index (Phi) is 4.02. The number of hydrogen-bond acceptors (Lipinski definition) is 4. The molecule has 5 nitrogen and oxygen atoms in total.